The normalized spacial score (nSPS) is 11.2. The van der Waals surface area contributed by atoms with Crippen LogP contribution in [0.1, 0.15) is 5.56 Å². The molecular formula is C17H13ClN4. The van der Waals surface area contributed by atoms with Crippen LogP contribution < -0.4 is 0 Å². The standard InChI is InChI=1S/C17H13ClN4/c1-12-4-5-14(18)9-15(12)13-6-8-21(10-13)17-16-3-2-7-22(16)20-11-19-17/h2-11H,1H3. The van der Waals surface area contributed by atoms with Crippen LogP contribution in [0.4, 0.5) is 0 Å². The van der Waals surface area contributed by atoms with E-state index in [1.807, 2.05) is 51.8 Å². The quantitative estimate of drug-likeness (QED) is 0.557. The molecule has 108 valence electrons. The molecule has 4 nitrogen and oxygen atoms in total. The Hall–Kier alpha value is -2.59. The lowest BCUT2D eigenvalue weighted by Gasteiger charge is -2.05. The van der Waals surface area contributed by atoms with Crippen molar-refractivity contribution in [1.29, 1.82) is 0 Å². The lowest BCUT2D eigenvalue weighted by Crippen LogP contribution is -2.00. The lowest BCUT2D eigenvalue weighted by molar-refractivity contribution is 0.870. The van der Waals surface area contributed by atoms with Crippen LogP contribution in [0, 0.1) is 6.92 Å². The summed E-state index contributed by atoms with van der Waals surface area (Å²) in [5.74, 6) is 0.853. The molecule has 22 heavy (non-hydrogen) atoms. The van der Waals surface area contributed by atoms with Gasteiger partial charge in [-0.25, -0.2) is 9.50 Å². The van der Waals surface area contributed by atoms with Gasteiger partial charge < -0.3 is 4.57 Å². The van der Waals surface area contributed by atoms with Gasteiger partial charge in [0.1, 0.15) is 11.8 Å². The molecule has 0 aliphatic heterocycles. The Kier molecular flexibility index (Phi) is 2.98. The van der Waals surface area contributed by atoms with E-state index in [0.717, 1.165) is 27.5 Å². The zero-order chi connectivity index (χ0) is 15.1. The fraction of sp³-hybridized carbons (Fsp3) is 0.0588. The molecule has 4 rings (SSSR count). The van der Waals surface area contributed by atoms with Crippen molar-refractivity contribution < 1.29 is 0 Å². The van der Waals surface area contributed by atoms with Crippen molar-refractivity contribution in [2.75, 3.05) is 0 Å². The van der Waals surface area contributed by atoms with Crippen molar-refractivity contribution in [1.82, 2.24) is 19.2 Å². The molecule has 0 N–H and O–H groups in total. The Labute approximate surface area is 132 Å². The number of hydrogen-bond donors (Lipinski definition) is 0. The second kappa shape index (κ2) is 5.00. The minimum absolute atomic E-state index is 0.740. The first-order chi connectivity index (χ1) is 10.7. The minimum atomic E-state index is 0.740. The fourth-order valence-corrected chi connectivity index (χ4v) is 2.82. The molecule has 0 unspecified atom stereocenters. The smallest absolute Gasteiger partial charge is 0.164 e. The molecule has 3 aromatic heterocycles. The Bertz CT molecular complexity index is 968. The van der Waals surface area contributed by atoms with E-state index in [1.54, 1.807) is 6.33 Å². The first kappa shape index (κ1) is 13.1. The second-order valence-electron chi connectivity index (χ2n) is 5.19. The van der Waals surface area contributed by atoms with Gasteiger partial charge in [-0.1, -0.05) is 17.7 Å². The third kappa shape index (κ3) is 2.09. The van der Waals surface area contributed by atoms with E-state index >= 15 is 0 Å². The number of nitrogens with zero attached hydrogens (tertiary/aromatic N) is 4. The van der Waals surface area contributed by atoms with Crippen molar-refractivity contribution in [3.63, 3.8) is 0 Å². The van der Waals surface area contributed by atoms with Gasteiger partial charge in [0.05, 0.1) is 0 Å². The molecule has 0 saturated carbocycles. The Morgan fingerprint density at radius 2 is 2.00 bits per heavy atom. The molecule has 0 saturated heterocycles. The summed E-state index contributed by atoms with van der Waals surface area (Å²) in [6.07, 6.45) is 7.54. The third-order valence-electron chi connectivity index (χ3n) is 3.76. The largest absolute Gasteiger partial charge is 0.306 e. The predicted octanol–water partition coefficient (Wildman–Crippen LogP) is 4.15. The molecule has 0 amide bonds. The molecule has 0 radical (unpaired) electrons. The number of aromatic nitrogens is 4. The Morgan fingerprint density at radius 3 is 2.91 bits per heavy atom. The molecule has 0 bridgehead atoms. The van der Waals surface area contributed by atoms with E-state index in [9.17, 15) is 0 Å². The molecule has 0 atom stereocenters. The van der Waals surface area contributed by atoms with E-state index in [4.69, 9.17) is 11.6 Å². The number of aryl methyl sites for hydroxylation is 1. The van der Waals surface area contributed by atoms with E-state index in [0.29, 0.717) is 0 Å². The molecule has 0 fully saturated rings. The maximum Gasteiger partial charge on any atom is 0.164 e. The highest BCUT2D eigenvalue weighted by Crippen LogP contribution is 2.28. The zero-order valence-corrected chi connectivity index (χ0v) is 12.7. The summed E-state index contributed by atoms with van der Waals surface area (Å²) in [6.45, 7) is 2.08. The van der Waals surface area contributed by atoms with Crippen LogP contribution in [0.15, 0.2) is 61.3 Å². The molecule has 0 spiro atoms. The topological polar surface area (TPSA) is 35.1 Å². The van der Waals surface area contributed by atoms with Gasteiger partial charge in [-0.3, -0.25) is 0 Å². The van der Waals surface area contributed by atoms with Gasteiger partial charge in [0, 0.05) is 29.2 Å². The van der Waals surface area contributed by atoms with Crippen LogP contribution in [0.3, 0.4) is 0 Å². The van der Waals surface area contributed by atoms with Gasteiger partial charge in [-0.2, -0.15) is 5.10 Å². The van der Waals surface area contributed by atoms with Gasteiger partial charge in [0.2, 0.25) is 0 Å². The molecular weight excluding hydrogens is 296 g/mol. The number of fused-ring (bicyclic) bond motifs is 1. The van der Waals surface area contributed by atoms with Gasteiger partial charge in [-0.05, 0) is 48.4 Å². The van der Waals surface area contributed by atoms with Gasteiger partial charge in [0.15, 0.2) is 5.82 Å². The number of halogens is 1. The van der Waals surface area contributed by atoms with Gasteiger partial charge in [0.25, 0.3) is 0 Å². The van der Waals surface area contributed by atoms with Gasteiger partial charge >= 0.3 is 0 Å². The summed E-state index contributed by atoms with van der Waals surface area (Å²) in [4.78, 5) is 4.40. The maximum absolute atomic E-state index is 6.12. The molecule has 5 heteroatoms. The van der Waals surface area contributed by atoms with Crippen molar-refractivity contribution >= 4 is 17.1 Å². The van der Waals surface area contributed by atoms with Crippen molar-refractivity contribution in [3.8, 4) is 16.9 Å². The summed E-state index contributed by atoms with van der Waals surface area (Å²) in [5, 5.41) is 4.93. The molecule has 0 aliphatic rings. The van der Waals surface area contributed by atoms with Gasteiger partial charge in [-0.15, -0.1) is 0 Å². The maximum atomic E-state index is 6.12. The average Bonchev–Trinajstić information content (AvgIpc) is 3.17. The Morgan fingerprint density at radius 1 is 1.09 bits per heavy atom. The highest BCUT2D eigenvalue weighted by atomic mass is 35.5. The zero-order valence-electron chi connectivity index (χ0n) is 11.9. The average molecular weight is 309 g/mol. The van der Waals surface area contributed by atoms with Crippen LogP contribution in [0.2, 0.25) is 5.02 Å². The number of hydrogen-bond acceptors (Lipinski definition) is 2. The molecule has 0 aliphatic carbocycles. The number of rotatable bonds is 2. The highest BCUT2D eigenvalue weighted by molar-refractivity contribution is 6.30. The first-order valence-corrected chi connectivity index (χ1v) is 7.33. The Balaban J connectivity index is 1.85. The molecule has 1 aromatic carbocycles. The van der Waals surface area contributed by atoms with Crippen LogP contribution in [-0.4, -0.2) is 19.2 Å². The summed E-state index contributed by atoms with van der Waals surface area (Å²) in [5.41, 5.74) is 4.40. The SMILES string of the molecule is Cc1ccc(Cl)cc1-c1ccn(-c2ncnn3cccc23)c1. The fourth-order valence-electron chi connectivity index (χ4n) is 2.64. The van der Waals surface area contributed by atoms with Crippen molar-refractivity contribution in [2.45, 2.75) is 6.92 Å². The monoisotopic (exact) mass is 308 g/mol. The van der Waals surface area contributed by atoms with Crippen molar-refractivity contribution in [2.24, 2.45) is 0 Å². The summed E-state index contributed by atoms with van der Waals surface area (Å²) >= 11 is 6.12. The van der Waals surface area contributed by atoms with Crippen LogP contribution in [0.25, 0.3) is 22.5 Å². The first-order valence-electron chi connectivity index (χ1n) is 6.95. The van der Waals surface area contributed by atoms with E-state index in [1.165, 1.54) is 5.56 Å². The van der Waals surface area contributed by atoms with Crippen LogP contribution in [0.5, 0.6) is 0 Å². The number of benzene rings is 1. The summed E-state index contributed by atoms with van der Waals surface area (Å²) in [6, 6.07) is 12.0. The van der Waals surface area contributed by atoms with Crippen LogP contribution >= 0.6 is 11.6 Å². The minimum Gasteiger partial charge on any atom is -0.306 e. The van der Waals surface area contributed by atoms with Crippen LogP contribution in [-0.2, 0) is 0 Å². The van der Waals surface area contributed by atoms with Crippen molar-refractivity contribution in [3.05, 3.63) is 71.9 Å². The molecule has 3 heterocycles. The highest BCUT2D eigenvalue weighted by Gasteiger charge is 2.09. The second-order valence-corrected chi connectivity index (χ2v) is 5.62. The van der Waals surface area contributed by atoms with E-state index < -0.39 is 0 Å². The van der Waals surface area contributed by atoms with E-state index in [-0.39, 0.29) is 0 Å². The molecule has 4 aromatic rings. The lowest BCUT2D eigenvalue weighted by atomic mass is 10.0. The summed E-state index contributed by atoms with van der Waals surface area (Å²) in [7, 11) is 0. The summed E-state index contributed by atoms with van der Waals surface area (Å²) < 4.78 is 3.82. The van der Waals surface area contributed by atoms with E-state index in [2.05, 4.69) is 29.3 Å². The predicted molar refractivity (Wildman–Crippen MR) is 87.5 cm³/mol. The third-order valence-corrected chi connectivity index (χ3v) is 4.00.